The van der Waals surface area contributed by atoms with Crippen LogP contribution in [0, 0.1) is 0 Å². The fourth-order valence-electron chi connectivity index (χ4n) is 3.35. The Kier molecular flexibility index (Phi) is 5.78. The van der Waals surface area contributed by atoms with Gasteiger partial charge in [-0.1, -0.05) is 6.07 Å². The lowest BCUT2D eigenvalue weighted by molar-refractivity contribution is -0.131. The molecule has 0 spiro atoms. The Morgan fingerprint density at radius 1 is 1.28 bits per heavy atom. The molecule has 1 amide bonds. The summed E-state index contributed by atoms with van der Waals surface area (Å²) in [5.74, 6) is 0.150. The molecular weight excluding hydrogens is 514 g/mol. The van der Waals surface area contributed by atoms with Gasteiger partial charge in [-0.25, -0.2) is 0 Å². The maximum Gasteiger partial charge on any atom is 0.243 e. The van der Waals surface area contributed by atoms with E-state index in [0.29, 0.717) is 0 Å². The third kappa shape index (κ3) is 3.48. The van der Waals surface area contributed by atoms with Crippen LogP contribution in [0.4, 0.5) is 0 Å². The van der Waals surface area contributed by atoms with Crippen molar-refractivity contribution in [3.05, 3.63) is 37.4 Å². The molecule has 1 saturated heterocycles. The molecule has 134 valence electrons. The van der Waals surface area contributed by atoms with E-state index in [0.717, 1.165) is 49.4 Å². The van der Waals surface area contributed by atoms with Crippen molar-refractivity contribution in [1.82, 2.24) is 14.4 Å². The molecule has 0 aliphatic carbocycles. The van der Waals surface area contributed by atoms with E-state index in [9.17, 15) is 4.79 Å². The zero-order chi connectivity index (χ0) is 18.3. The lowest BCUT2D eigenvalue weighted by Crippen LogP contribution is -2.40. The predicted molar refractivity (Wildman–Crippen MR) is 113 cm³/mol. The second kappa shape index (κ2) is 7.55. The highest BCUT2D eigenvalue weighted by Gasteiger charge is 2.29. The molecule has 7 heteroatoms. The number of halogens is 3. The Hall–Kier alpha value is -0.630. The highest BCUT2D eigenvalue weighted by molar-refractivity contribution is 9.13. The molecule has 1 aromatic heterocycles. The maximum atomic E-state index is 12.6. The van der Waals surface area contributed by atoms with Crippen LogP contribution in [-0.2, 0) is 11.8 Å². The molecule has 2 heterocycles. The summed E-state index contributed by atoms with van der Waals surface area (Å²) in [6, 6.07) is 4.11. The van der Waals surface area contributed by atoms with Crippen molar-refractivity contribution in [3.63, 3.8) is 0 Å². The normalized spacial score (nSPS) is 18.6. The van der Waals surface area contributed by atoms with E-state index in [-0.39, 0.29) is 11.9 Å². The molecule has 25 heavy (non-hydrogen) atoms. The first-order valence-corrected chi connectivity index (χ1v) is 10.5. The summed E-state index contributed by atoms with van der Waals surface area (Å²) in [7, 11) is 5.86. The summed E-state index contributed by atoms with van der Waals surface area (Å²) in [5, 5.41) is 1.12. The standard InChI is InChI=1S/C18H20Br3N3O/c1-22-9-4-5-14(22)18(25)23(2)10-8-12-11-6-7-13(19)15(20)16(11)24(3)17(12)21/h6-8,10,14H,4-5,9H2,1-3H3. The third-order valence-electron chi connectivity index (χ3n) is 4.83. The first kappa shape index (κ1) is 19.1. The second-order valence-electron chi connectivity index (χ2n) is 6.42. The second-order valence-corrected chi connectivity index (χ2v) is 8.82. The highest BCUT2D eigenvalue weighted by atomic mass is 79.9. The zero-order valence-corrected chi connectivity index (χ0v) is 19.1. The Balaban J connectivity index is 1.92. The van der Waals surface area contributed by atoms with Crippen molar-refractivity contribution >= 4 is 70.7 Å². The molecule has 1 aliphatic rings. The van der Waals surface area contributed by atoms with Crippen LogP contribution in [0.2, 0.25) is 0 Å². The topological polar surface area (TPSA) is 28.5 Å². The van der Waals surface area contributed by atoms with E-state index in [1.807, 2.05) is 39.5 Å². The van der Waals surface area contributed by atoms with Crippen LogP contribution >= 0.6 is 47.8 Å². The molecule has 1 aliphatic heterocycles. The van der Waals surface area contributed by atoms with Gasteiger partial charge in [0.15, 0.2) is 0 Å². The molecule has 3 rings (SSSR count). The quantitative estimate of drug-likeness (QED) is 0.556. The number of aromatic nitrogens is 1. The number of hydrogen-bond donors (Lipinski definition) is 0. The number of likely N-dealkylation sites (N-methyl/N-ethyl adjacent to an activating group) is 2. The van der Waals surface area contributed by atoms with Gasteiger partial charge in [-0.05, 0) is 86.4 Å². The van der Waals surface area contributed by atoms with Gasteiger partial charge in [0.1, 0.15) is 0 Å². The number of aryl methyl sites for hydroxylation is 1. The van der Waals surface area contributed by atoms with Crippen LogP contribution in [0.1, 0.15) is 18.4 Å². The summed E-state index contributed by atoms with van der Waals surface area (Å²) in [5.41, 5.74) is 2.16. The Labute approximate surface area is 173 Å². The number of amides is 1. The van der Waals surface area contributed by atoms with Gasteiger partial charge >= 0.3 is 0 Å². The molecule has 1 aromatic carbocycles. The average Bonchev–Trinajstić information content (AvgIpc) is 3.11. The van der Waals surface area contributed by atoms with E-state index < -0.39 is 0 Å². The Morgan fingerprint density at radius 2 is 2.00 bits per heavy atom. The van der Waals surface area contributed by atoms with Crippen molar-refractivity contribution in [2.75, 3.05) is 20.6 Å². The largest absolute Gasteiger partial charge is 0.337 e. The molecule has 0 saturated carbocycles. The third-order valence-corrected chi connectivity index (χ3v) is 7.78. The summed E-state index contributed by atoms with van der Waals surface area (Å²) in [6.45, 7) is 0.992. The monoisotopic (exact) mass is 531 g/mol. The average molecular weight is 534 g/mol. The van der Waals surface area contributed by atoms with Gasteiger partial charge < -0.3 is 9.47 Å². The first-order valence-electron chi connectivity index (χ1n) is 8.10. The lowest BCUT2D eigenvalue weighted by atomic mass is 10.1. The van der Waals surface area contributed by atoms with E-state index in [1.54, 1.807) is 4.90 Å². The van der Waals surface area contributed by atoms with Gasteiger partial charge in [0.25, 0.3) is 0 Å². The van der Waals surface area contributed by atoms with Gasteiger partial charge in [-0.15, -0.1) is 0 Å². The van der Waals surface area contributed by atoms with E-state index in [2.05, 4.69) is 63.3 Å². The number of likely N-dealkylation sites (tertiary alicyclic amines) is 1. The molecule has 1 atom stereocenters. The van der Waals surface area contributed by atoms with Crippen LogP contribution in [0.15, 0.2) is 31.9 Å². The number of fused-ring (bicyclic) bond motifs is 1. The fraction of sp³-hybridized carbons (Fsp3) is 0.389. The molecular formula is C18H20Br3N3O. The number of carbonyl (C=O) groups is 1. The van der Waals surface area contributed by atoms with Crippen LogP contribution in [0.5, 0.6) is 0 Å². The van der Waals surface area contributed by atoms with Crippen LogP contribution in [0.3, 0.4) is 0 Å². The van der Waals surface area contributed by atoms with Crippen LogP contribution < -0.4 is 0 Å². The van der Waals surface area contributed by atoms with Crippen molar-refractivity contribution in [2.45, 2.75) is 18.9 Å². The van der Waals surface area contributed by atoms with Gasteiger partial charge in [0.2, 0.25) is 5.91 Å². The van der Waals surface area contributed by atoms with Crippen LogP contribution in [0.25, 0.3) is 17.0 Å². The molecule has 0 bridgehead atoms. The number of hydrogen-bond acceptors (Lipinski definition) is 2. The molecule has 1 unspecified atom stereocenters. The summed E-state index contributed by atoms with van der Waals surface area (Å²) in [4.78, 5) is 16.5. The molecule has 0 N–H and O–H groups in total. The molecule has 4 nitrogen and oxygen atoms in total. The molecule has 1 fully saturated rings. The summed E-state index contributed by atoms with van der Waals surface area (Å²) in [6.07, 6.45) is 5.89. The summed E-state index contributed by atoms with van der Waals surface area (Å²) < 4.78 is 5.11. The lowest BCUT2D eigenvalue weighted by Gasteiger charge is -2.22. The highest BCUT2D eigenvalue weighted by Crippen LogP contribution is 2.38. The van der Waals surface area contributed by atoms with Gasteiger partial charge in [0.05, 0.1) is 20.6 Å². The van der Waals surface area contributed by atoms with Crippen LogP contribution in [-0.4, -0.2) is 47.0 Å². The minimum atomic E-state index is -0.00397. The fourth-order valence-corrected chi connectivity index (χ4v) is 4.81. The van der Waals surface area contributed by atoms with Gasteiger partial charge in [-0.3, -0.25) is 9.69 Å². The number of carbonyl (C=O) groups excluding carboxylic acids is 1. The van der Waals surface area contributed by atoms with Gasteiger partial charge in [-0.2, -0.15) is 0 Å². The first-order chi connectivity index (χ1) is 11.8. The SMILES string of the molecule is CN(C=Cc1c(Br)n(C)c2c(Br)c(Br)ccc12)C(=O)C1CCCN1C. The number of rotatable bonds is 3. The Morgan fingerprint density at radius 3 is 2.64 bits per heavy atom. The maximum absolute atomic E-state index is 12.6. The number of benzene rings is 1. The van der Waals surface area contributed by atoms with Crippen molar-refractivity contribution < 1.29 is 4.79 Å². The van der Waals surface area contributed by atoms with E-state index in [4.69, 9.17) is 0 Å². The summed E-state index contributed by atoms with van der Waals surface area (Å²) >= 11 is 10.9. The van der Waals surface area contributed by atoms with Crippen molar-refractivity contribution in [3.8, 4) is 0 Å². The van der Waals surface area contributed by atoms with Crippen molar-refractivity contribution in [1.29, 1.82) is 0 Å². The minimum Gasteiger partial charge on any atom is -0.337 e. The van der Waals surface area contributed by atoms with E-state index in [1.165, 1.54) is 0 Å². The zero-order valence-electron chi connectivity index (χ0n) is 14.4. The number of nitrogens with zero attached hydrogens (tertiary/aromatic N) is 3. The van der Waals surface area contributed by atoms with Gasteiger partial charge in [0, 0.05) is 35.7 Å². The molecule has 0 radical (unpaired) electrons. The minimum absolute atomic E-state index is 0.00397. The predicted octanol–water partition coefficient (Wildman–Crippen LogP) is 4.99. The van der Waals surface area contributed by atoms with Crippen molar-refractivity contribution in [2.24, 2.45) is 7.05 Å². The van der Waals surface area contributed by atoms with E-state index >= 15 is 0 Å². The Bertz CT molecular complexity index is 859. The smallest absolute Gasteiger partial charge is 0.243 e. The molecule has 2 aromatic rings.